The molecule has 1 aromatic heterocycles. The molecule has 1 aliphatic carbocycles. The van der Waals surface area contributed by atoms with Crippen molar-refractivity contribution in [3.05, 3.63) is 36.0 Å². The van der Waals surface area contributed by atoms with Gasteiger partial charge in [0.15, 0.2) is 0 Å². The minimum absolute atomic E-state index is 0.251. The molecule has 0 atom stereocenters. The van der Waals surface area contributed by atoms with Crippen molar-refractivity contribution in [2.24, 2.45) is 5.92 Å². The van der Waals surface area contributed by atoms with E-state index < -0.39 is 11.6 Å². The van der Waals surface area contributed by atoms with Gasteiger partial charge in [-0.1, -0.05) is 25.1 Å². The third kappa shape index (κ3) is 3.37. The highest BCUT2D eigenvalue weighted by Crippen LogP contribution is 2.35. The number of hydrogen-bond acceptors (Lipinski definition) is 3. The zero-order chi connectivity index (χ0) is 19.7. The molecule has 2 fully saturated rings. The molecule has 0 bridgehead atoms. The molecule has 3 N–H and O–H groups in total. The summed E-state index contributed by atoms with van der Waals surface area (Å²) in [5, 5.41) is 4.85. The zero-order valence-corrected chi connectivity index (χ0v) is 16.1. The highest BCUT2D eigenvalue weighted by atomic mass is 16.2. The van der Waals surface area contributed by atoms with Crippen molar-refractivity contribution in [3.63, 3.8) is 0 Å². The number of fused-ring (bicyclic) bond motifs is 1. The Balaban J connectivity index is 1.31. The van der Waals surface area contributed by atoms with Crippen LogP contribution in [0.5, 0.6) is 0 Å². The number of aromatic nitrogens is 1. The van der Waals surface area contributed by atoms with E-state index >= 15 is 0 Å². The second-order valence-corrected chi connectivity index (χ2v) is 8.08. The largest absolute Gasteiger partial charge is 0.361 e. The lowest BCUT2D eigenvalue weighted by molar-refractivity contribution is -0.140. The van der Waals surface area contributed by atoms with E-state index in [1.54, 1.807) is 0 Å². The van der Waals surface area contributed by atoms with Crippen LogP contribution in [-0.2, 0) is 16.0 Å². The van der Waals surface area contributed by atoms with E-state index in [-0.39, 0.29) is 18.2 Å². The van der Waals surface area contributed by atoms with Crippen molar-refractivity contribution < 1.29 is 14.4 Å². The monoisotopic (exact) mass is 382 g/mol. The van der Waals surface area contributed by atoms with Crippen molar-refractivity contribution in [2.45, 2.75) is 57.4 Å². The van der Waals surface area contributed by atoms with Crippen molar-refractivity contribution in [2.75, 3.05) is 0 Å². The van der Waals surface area contributed by atoms with Gasteiger partial charge in [0.2, 0.25) is 5.91 Å². The minimum Gasteiger partial charge on any atom is -0.361 e. The predicted molar refractivity (Wildman–Crippen MR) is 105 cm³/mol. The fourth-order valence-corrected chi connectivity index (χ4v) is 4.27. The molecular formula is C21H26N4O3. The summed E-state index contributed by atoms with van der Waals surface area (Å²) in [6.07, 6.45) is 6.67. The number of para-hydroxylation sites is 1. The van der Waals surface area contributed by atoms with Gasteiger partial charge < -0.3 is 10.3 Å². The first kappa shape index (κ1) is 18.5. The van der Waals surface area contributed by atoms with Crippen LogP contribution in [0, 0.1) is 5.92 Å². The molecule has 1 saturated carbocycles. The summed E-state index contributed by atoms with van der Waals surface area (Å²) < 4.78 is 0. The van der Waals surface area contributed by atoms with Crippen LogP contribution >= 0.6 is 0 Å². The first-order valence-corrected chi connectivity index (χ1v) is 10.00. The van der Waals surface area contributed by atoms with E-state index in [9.17, 15) is 14.4 Å². The Kier molecular flexibility index (Phi) is 4.83. The van der Waals surface area contributed by atoms with Gasteiger partial charge in [-0.2, -0.15) is 5.01 Å². The molecule has 2 heterocycles. The smallest absolute Gasteiger partial charge is 0.344 e. The molecule has 0 radical (unpaired) electrons. The average molecular weight is 382 g/mol. The van der Waals surface area contributed by atoms with Gasteiger partial charge in [0.25, 0.3) is 5.91 Å². The summed E-state index contributed by atoms with van der Waals surface area (Å²) >= 11 is 0. The van der Waals surface area contributed by atoms with Gasteiger partial charge in [-0.3, -0.25) is 15.0 Å². The standard InChI is InChI=1S/C21H26N4O3/c1-14-9-11-21(12-10-14)19(27)25(20(28)23-21)24-18(26)8-4-5-15-13-22-17-7-3-2-6-16(15)17/h2-3,6-7,13-14,22H,4-5,8-12H2,1H3,(H,23,28)(H,24,26). The number of hydrogen-bond donors (Lipinski definition) is 3. The van der Waals surface area contributed by atoms with Crippen LogP contribution in [0.1, 0.15) is 51.0 Å². The van der Waals surface area contributed by atoms with Crippen LogP contribution in [0.2, 0.25) is 0 Å². The predicted octanol–water partition coefficient (Wildman–Crippen LogP) is 3.02. The number of hydrazine groups is 1. The summed E-state index contributed by atoms with van der Waals surface area (Å²) in [6.45, 7) is 2.15. The van der Waals surface area contributed by atoms with Gasteiger partial charge in [0, 0.05) is 23.5 Å². The number of carbonyl (C=O) groups is 3. The Morgan fingerprint density at radius 1 is 1.25 bits per heavy atom. The number of imide groups is 1. The first-order valence-electron chi connectivity index (χ1n) is 10.00. The van der Waals surface area contributed by atoms with E-state index in [0.717, 1.165) is 40.7 Å². The highest BCUT2D eigenvalue weighted by molar-refractivity contribution is 6.08. The average Bonchev–Trinajstić information content (AvgIpc) is 3.19. The van der Waals surface area contributed by atoms with Gasteiger partial charge in [0.1, 0.15) is 5.54 Å². The summed E-state index contributed by atoms with van der Waals surface area (Å²) in [5.74, 6) is -0.0811. The molecule has 4 amide bonds. The molecule has 28 heavy (non-hydrogen) atoms. The molecule has 1 aliphatic heterocycles. The second-order valence-electron chi connectivity index (χ2n) is 8.08. The molecule has 7 nitrogen and oxygen atoms in total. The number of H-pyrrole nitrogens is 1. The number of aromatic amines is 1. The molecule has 148 valence electrons. The van der Waals surface area contributed by atoms with E-state index in [0.29, 0.717) is 25.2 Å². The fraction of sp³-hybridized carbons (Fsp3) is 0.476. The molecular weight excluding hydrogens is 356 g/mol. The summed E-state index contributed by atoms with van der Waals surface area (Å²) in [6, 6.07) is 7.52. The van der Waals surface area contributed by atoms with E-state index in [1.807, 2.05) is 24.4 Å². The van der Waals surface area contributed by atoms with Gasteiger partial charge >= 0.3 is 6.03 Å². The molecule has 7 heteroatoms. The topological polar surface area (TPSA) is 94.3 Å². The number of benzene rings is 1. The Morgan fingerprint density at radius 3 is 2.79 bits per heavy atom. The maximum absolute atomic E-state index is 12.8. The lowest BCUT2D eigenvalue weighted by Gasteiger charge is -2.33. The second kappa shape index (κ2) is 7.30. The van der Waals surface area contributed by atoms with Crippen molar-refractivity contribution in [3.8, 4) is 0 Å². The van der Waals surface area contributed by atoms with Crippen LogP contribution in [-0.4, -0.2) is 33.4 Å². The zero-order valence-electron chi connectivity index (χ0n) is 16.1. The van der Waals surface area contributed by atoms with Crippen LogP contribution in [0.3, 0.4) is 0 Å². The molecule has 0 unspecified atom stereocenters. The number of nitrogens with zero attached hydrogens (tertiary/aromatic N) is 1. The number of nitrogens with one attached hydrogen (secondary N) is 3. The Bertz CT molecular complexity index is 911. The molecule has 1 aromatic carbocycles. The van der Waals surface area contributed by atoms with Gasteiger partial charge in [0.05, 0.1) is 0 Å². The van der Waals surface area contributed by atoms with Crippen molar-refractivity contribution in [1.82, 2.24) is 20.7 Å². The Morgan fingerprint density at radius 2 is 2.00 bits per heavy atom. The van der Waals surface area contributed by atoms with Gasteiger partial charge in [-0.25, -0.2) is 4.79 Å². The number of urea groups is 1. The number of aryl methyl sites for hydroxylation is 1. The molecule has 4 rings (SSSR count). The maximum atomic E-state index is 12.8. The first-order chi connectivity index (χ1) is 13.5. The summed E-state index contributed by atoms with van der Waals surface area (Å²) in [4.78, 5) is 40.6. The van der Waals surface area contributed by atoms with Crippen molar-refractivity contribution in [1.29, 1.82) is 0 Å². The number of amides is 4. The third-order valence-corrected chi connectivity index (χ3v) is 6.05. The van der Waals surface area contributed by atoms with E-state index in [4.69, 9.17) is 0 Å². The third-order valence-electron chi connectivity index (χ3n) is 6.05. The van der Waals surface area contributed by atoms with Crippen LogP contribution in [0.15, 0.2) is 30.5 Å². The SMILES string of the molecule is CC1CCC2(CC1)NC(=O)N(NC(=O)CCCc1c[nH]c3ccccc13)C2=O. The van der Waals surface area contributed by atoms with Crippen molar-refractivity contribution >= 4 is 28.7 Å². The van der Waals surface area contributed by atoms with E-state index in [1.165, 1.54) is 0 Å². The molecule has 1 spiro atoms. The molecule has 2 aliphatic rings. The van der Waals surface area contributed by atoms with Crippen LogP contribution in [0.4, 0.5) is 4.79 Å². The van der Waals surface area contributed by atoms with Crippen LogP contribution in [0.25, 0.3) is 10.9 Å². The highest BCUT2D eigenvalue weighted by Gasteiger charge is 2.52. The minimum atomic E-state index is -0.832. The maximum Gasteiger partial charge on any atom is 0.344 e. The number of rotatable bonds is 5. The summed E-state index contributed by atoms with van der Waals surface area (Å²) in [5.41, 5.74) is 3.91. The molecule has 1 saturated heterocycles. The lowest BCUT2D eigenvalue weighted by atomic mass is 9.77. The Hall–Kier alpha value is -2.83. The normalized spacial score (nSPS) is 24.8. The fourth-order valence-electron chi connectivity index (χ4n) is 4.27. The van der Waals surface area contributed by atoms with Gasteiger partial charge in [-0.05, 0) is 56.1 Å². The van der Waals surface area contributed by atoms with Gasteiger partial charge in [-0.15, -0.1) is 0 Å². The quantitative estimate of drug-likeness (QED) is 0.694. The Labute approximate surface area is 163 Å². The number of carbonyl (C=O) groups excluding carboxylic acids is 3. The summed E-state index contributed by atoms with van der Waals surface area (Å²) in [7, 11) is 0. The van der Waals surface area contributed by atoms with E-state index in [2.05, 4.69) is 28.7 Å². The molecule has 2 aromatic rings. The van der Waals surface area contributed by atoms with Crippen LogP contribution < -0.4 is 10.7 Å². The lowest BCUT2D eigenvalue weighted by Crippen LogP contribution is -2.51.